The first-order valence-corrected chi connectivity index (χ1v) is 8.58. The zero-order chi connectivity index (χ0) is 14.8. The summed E-state index contributed by atoms with van der Waals surface area (Å²) >= 11 is 3.61. The zero-order valence-electron chi connectivity index (χ0n) is 12.9. The molecule has 1 aromatic carbocycles. The van der Waals surface area contributed by atoms with Gasteiger partial charge in [0.05, 0.1) is 0 Å². The summed E-state index contributed by atoms with van der Waals surface area (Å²) in [5.41, 5.74) is 2.73. The number of allylic oxidation sites excluding steroid dienone is 1. The van der Waals surface area contributed by atoms with Crippen LogP contribution < -0.4 is 5.32 Å². The molecule has 0 spiro atoms. The van der Waals surface area contributed by atoms with E-state index in [-0.39, 0.29) is 0 Å². The van der Waals surface area contributed by atoms with Crippen molar-refractivity contribution in [1.29, 1.82) is 0 Å². The SMILES string of the molecule is C=CCCCCCC(NCCC)c1cc(C)cc(Br)c1. The zero-order valence-corrected chi connectivity index (χ0v) is 14.5. The third-order valence-electron chi connectivity index (χ3n) is 3.51. The van der Waals surface area contributed by atoms with Gasteiger partial charge in [0.1, 0.15) is 0 Å². The van der Waals surface area contributed by atoms with Gasteiger partial charge >= 0.3 is 0 Å². The topological polar surface area (TPSA) is 12.0 Å². The molecule has 112 valence electrons. The summed E-state index contributed by atoms with van der Waals surface area (Å²) in [5.74, 6) is 0. The van der Waals surface area contributed by atoms with Gasteiger partial charge < -0.3 is 5.32 Å². The molecule has 0 saturated heterocycles. The van der Waals surface area contributed by atoms with Gasteiger partial charge in [-0.15, -0.1) is 6.58 Å². The molecule has 2 heteroatoms. The maximum Gasteiger partial charge on any atom is 0.0320 e. The minimum atomic E-state index is 0.481. The van der Waals surface area contributed by atoms with Crippen LogP contribution in [-0.2, 0) is 0 Å². The van der Waals surface area contributed by atoms with Crippen molar-refractivity contribution in [3.63, 3.8) is 0 Å². The molecule has 0 aliphatic rings. The highest BCUT2D eigenvalue weighted by Crippen LogP contribution is 2.25. The van der Waals surface area contributed by atoms with Crippen LogP contribution >= 0.6 is 15.9 Å². The predicted molar refractivity (Wildman–Crippen MR) is 93.2 cm³/mol. The van der Waals surface area contributed by atoms with Gasteiger partial charge in [-0.05, 0) is 62.4 Å². The van der Waals surface area contributed by atoms with Crippen LogP contribution in [0.4, 0.5) is 0 Å². The number of rotatable bonds is 10. The van der Waals surface area contributed by atoms with Gasteiger partial charge in [-0.1, -0.05) is 47.8 Å². The van der Waals surface area contributed by atoms with Crippen molar-refractivity contribution in [1.82, 2.24) is 5.32 Å². The van der Waals surface area contributed by atoms with Gasteiger partial charge in [-0.3, -0.25) is 0 Å². The molecule has 0 saturated carbocycles. The second kappa shape index (κ2) is 10.2. The molecule has 0 aliphatic heterocycles. The minimum Gasteiger partial charge on any atom is -0.310 e. The average Bonchev–Trinajstić information content (AvgIpc) is 2.40. The second-order valence-corrected chi connectivity index (χ2v) is 6.41. The Bertz CT molecular complexity index is 380. The summed E-state index contributed by atoms with van der Waals surface area (Å²) in [6, 6.07) is 7.21. The highest BCUT2D eigenvalue weighted by Gasteiger charge is 2.11. The molecule has 0 radical (unpaired) electrons. The summed E-state index contributed by atoms with van der Waals surface area (Å²) in [7, 11) is 0. The molecule has 0 bridgehead atoms. The molecule has 0 fully saturated rings. The first-order valence-electron chi connectivity index (χ1n) is 7.78. The van der Waals surface area contributed by atoms with Crippen LogP contribution in [0.2, 0.25) is 0 Å². The van der Waals surface area contributed by atoms with Gasteiger partial charge in [-0.25, -0.2) is 0 Å². The van der Waals surface area contributed by atoms with Crippen molar-refractivity contribution in [2.24, 2.45) is 0 Å². The van der Waals surface area contributed by atoms with Crippen LogP contribution in [0.25, 0.3) is 0 Å². The van der Waals surface area contributed by atoms with Crippen LogP contribution in [-0.4, -0.2) is 6.54 Å². The number of hydrogen-bond acceptors (Lipinski definition) is 1. The van der Waals surface area contributed by atoms with Crippen LogP contribution in [0.1, 0.15) is 62.6 Å². The third kappa shape index (κ3) is 6.71. The lowest BCUT2D eigenvalue weighted by atomic mass is 9.98. The smallest absolute Gasteiger partial charge is 0.0320 e. The average molecular weight is 338 g/mol. The van der Waals surface area contributed by atoms with Crippen molar-refractivity contribution in [2.45, 2.75) is 58.4 Å². The summed E-state index contributed by atoms with van der Waals surface area (Å²) in [5, 5.41) is 3.69. The maximum absolute atomic E-state index is 3.78. The van der Waals surface area contributed by atoms with Gasteiger partial charge in [-0.2, -0.15) is 0 Å². The number of unbranched alkanes of at least 4 members (excludes halogenated alkanes) is 3. The normalized spacial score (nSPS) is 12.3. The lowest BCUT2D eigenvalue weighted by Crippen LogP contribution is -2.22. The number of halogens is 1. The van der Waals surface area contributed by atoms with E-state index in [1.165, 1.54) is 47.7 Å². The van der Waals surface area contributed by atoms with Gasteiger partial charge in [0, 0.05) is 10.5 Å². The number of nitrogens with one attached hydrogen (secondary N) is 1. The molecular formula is C18H28BrN. The van der Waals surface area contributed by atoms with Crippen molar-refractivity contribution in [3.05, 3.63) is 46.5 Å². The molecule has 1 N–H and O–H groups in total. The number of aryl methyl sites for hydroxylation is 1. The van der Waals surface area contributed by atoms with Crippen molar-refractivity contribution in [3.8, 4) is 0 Å². The molecule has 1 nitrogen and oxygen atoms in total. The lowest BCUT2D eigenvalue weighted by molar-refractivity contribution is 0.472. The Balaban J connectivity index is 2.60. The Morgan fingerprint density at radius 1 is 1.25 bits per heavy atom. The summed E-state index contributed by atoms with van der Waals surface area (Å²) < 4.78 is 1.18. The fourth-order valence-corrected chi connectivity index (χ4v) is 3.11. The Morgan fingerprint density at radius 2 is 2.05 bits per heavy atom. The molecule has 1 rings (SSSR count). The van der Waals surface area contributed by atoms with E-state index in [4.69, 9.17) is 0 Å². The molecule has 1 unspecified atom stereocenters. The van der Waals surface area contributed by atoms with Gasteiger partial charge in [0.15, 0.2) is 0 Å². The highest BCUT2D eigenvalue weighted by atomic mass is 79.9. The second-order valence-electron chi connectivity index (χ2n) is 5.50. The van der Waals surface area contributed by atoms with E-state index in [9.17, 15) is 0 Å². The predicted octanol–water partition coefficient (Wildman–Crippen LogP) is 5.93. The van der Waals surface area contributed by atoms with Crippen LogP contribution in [0.15, 0.2) is 35.3 Å². The minimum absolute atomic E-state index is 0.481. The Hall–Kier alpha value is -0.600. The Labute approximate surface area is 133 Å². The number of hydrogen-bond donors (Lipinski definition) is 1. The van der Waals surface area contributed by atoms with E-state index in [2.05, 4.69) is 59.9 Å². The van der Waals surface area contributed by atoms with E-state index < -0.39 is 0 Å². The monoisotopic (exact) mass is 337 g/mol. The first-order chi connectivity index (χ1) is 9.67. The van der Waals surface area contributed by atoms with Crippen molar-refractivity contribution < 1.29 is 0 Å². The molecule has 0 amide bonds. The standard InChI is InChI=1S/C18H28BrN/c1-4-6-7-8-9-10-18(20-11-5-2)16-12-15(3)13-17(19)14-16/h4,12-14,18,20H,1,5-11H2,2-3H3. The molecular weight excluding hydrogens is 310 g/mol. The van der Waals surface area contributed by atoms with E-state index in [0.29, 0.717) is 6.04 Å². The molecule has 0 aliphatic carbocycles. The van der Waals surface area contributed by atoms with Crippen LogP contribution in [0.3, 0.4) is 0 Å². The van der Waals surface area contributed by atoms with Crippen molar-refractivity contribution >= 4 is 15.9 Å². The quantitative estimate of drug-likeness (QED) is 0.411. The fraction of sp³-hybridized carbons (Fsp3) is 0.556. The molecule has 20 heavy (non-hydrogen) atoms. The van der Waals surface area contributed by atoms with Crippen molar-refractivity contribution in [2.75, 3.05) is 6.54 Å². The number of benzene rings is 1. The molecule has 1 atom stereocenters. The van der Waals surface area contributed by atoms with E-state index in [1.54, 1.807) is 0 Å². The maximum atomic E-state index is 3.78. The molecule has 1 aromatic rings. The van der Waals surface area contributed by atoms with E-state index in [1.807, 2.05) is 6.08 Å². The Morgan fingerprint density at radius 3 is 2.70 bits per heavy atom. The summed E-state index contributed by atoms with van der Waals surface area (Å²) in [6.07, 6.45) is 9.39. The van der Waals surface area contributed by atoms with Crippen LogP contribution in [0.5, 0.6) is 0 Å². The highest BCUT2D eigenvalue weighted by molar-refractivity contribution is 9.10. The van der Waals surface area contributed by atoms with E-state index >= 15 is 0 Å². The Kier molecular flexibility index (Phi) is 8.88. The largest absolute Gasteiger partial charge is 0.310 e. The first kappa shape index (κ1) is 17.5. The van der Waals surface area contributed by atoms with Crippen LogP contribution in [0, 0.1) is 6.92 Å². The van der Waals surface area contributed by atoms with E-state index in [0.717, 1.165) is 13.0 Å². The fourth-order valence-electron chi connectivity index (χ4n) is 2.48. The molecule has 0 heterocycles. The third-order valence-corrected chi connectivity index (χ3v) is 3.97. The summed E-state index contributed by atoms with van der Waals surface area (Å²) in [4.78, 5) is 0. The summed E-state index contributed by atoms with van der Waals surface area (Å²) in [6.45, 7) is 9.25. The van der Waals surface area contributed by atoms with Gasteiger partial charge in [0.25, 0.3) is 0 Å². The molecule has 0 aromatic heterocycles. The van der Waals surface area contributed by atoms with Gasteiger partial charge in [0.2, 0.25) is 0 Å². The lowest BCUT2D eigenvalue weighted by Gasteiger charge is -2.20.